The van der Waals surface area contributed by atoms with Crippen LogP contribution in [0.3, 0.4) is 0 Å². The summed E-state index contributed by atoms with van der Waals surface area (Å²) in [6, 6.07) is 1.64. The van der Waals surface area contributed by atoms with Gasteiger partial charge in [-0.15, -0.1) is 0 Å². The molecule has 2 aromatic rings. The highest BCUT2D eigenvalue weighted by molar-refractivity contribution is 5.87. The molecule has 0 bridgehead atoms. The van der Waals surface area contributed by atoms with Gasteiger partial charge >= 0.3 is 5.97 Å². The van der Waals surface area contributed by atoms with E-state index < -0.39 is 0 Å². The molecule has 2 heterocycles. The number of methoxy groups -OCH3 is 1. The SMILES string of the molecule is COC(=O)c1ccnn1CCn1ccnc1. The maximum atomic E-state index is 11.4. The summed E-state index contributed by atoms with van der Waals surface area (Å²) >= 11 is 0. The van der Waals surface area contributed by atoms with E-state index in [-0.39, 0.29) is 5.97 Å². The number of aryl methyl sites for hydroxylation is 2. The van der Waals surface area contributed by atoms with Crippen LogP contribution in [0.1, 0.15) is 10.5 Å². The number of nitrogens with zero attached hydrogens (tertiary/aromatic N) is 4. The van der Waals surface area contributed by atoms with E-state index in [1.54, 1.807) is 29.5 Å². The predicted molar refractivity (Wildman–Crippen MR) is 55.8 cm³/mol. The molecule has 84 valence electrons. The second-order valence-electron chi connectivity index (χ2n) is 3.23. The fraction of sp³-hybridized carbons (Fsp3) is 0.300. The molecule has 0 saturated carbocycles. The van der Waals surface area contributed by atoms with Gasteiger partial charge in [-0.2, -0.15) is 5.10 Å². The minimum atomic E-state index is -0.372. The Labute approximate surface area is 92.5 Å². The van der Waals surface area contributed by atoms with Crippen LogP contribution in [0.2, 0.25) is 0 Å². The summed E-state index contributed by atoms with van der Waals surface area (Å²) in [5.74, 6) is -0.372. The predicted octanol–water partition coefficient (Wildman–Crippen LogP) is 0.566. The highest BCUT2D eigenvalue weighted by atomic mass is 16.5. The van der Waals surface area contributed by atoms with E-state index in [0.29, 0.717) is 18.8 Å². The molecule has 0 fully saturated rings. The van der Waals surface area contributed by atoms with Crippen LogP contribution in [-0.2, 0) is 17.8 Å². The van der Waals surface area contributed by atoms with E-state index in [1.807, 2.05) is 10.8 Å². The van der Waals surface area contributed by atoms with Gasteiger partial charge in [0.1, 0.15) is 5.69 Å². The maximum absolute atomic E-state index is 11.4. The molecule has 0 aliphatic heterocycles. The number of hydrogen-bond acceptors (Lipinski definition) is 4. The topological polar surface area (TPSA) is 61.9 Å². The Hall–Kier alpha value is -2.11. The van der Waals surface area contributed by atoms with Gasteiger partial charge < -0.3 is 9.30 Å². The van der Waals surface area contributed by atoms with Crippen LogP contribution >= 0.6 is 0 Å². The Balaban J connectivity index is 2.04. The van der Waals surface area contributed by atoms with Crippen molar-refractivity contribution in [2.45, 2.75) is 13.1 Å². The molecule has 0 spiro atoms. The molecule has 0 unspecified atom stereocenters. The first kappa shape index (κ1) is 10.4. The standard InChI is InChI=1S/C10H12N4O2/c1-16-10(15)9-2-3-12-14(9)7-6-13-5-4-11-8-13/h2-5,8H,6-7H2,1H3. The van der Waals surface area contributed by atoms with E-state index >= 15 is 0 Å². The van der Waals surface area contributed by atoms with Crippen molar-refractivity contribution in [3.05, 3.63) is 36.7 Å². The van der Waals surface area contributed by atoms with Gasteiger partial charge in [0.25, 0.3) is 0 Å². The highest BCUT2D eigenvalue weighted by Gasteiger charge is 2.11. The van der Waals surface area contributed by atoms with Crippen LogP contribution < -0.4 is 0 Å². The average Bonchev–Trinajstić information content (AvgIpc) is 2.96. The summed E-state index contributed by atoms with van der Waals surface area (Å²) in [4.78, 5) is 15.3. The lowest BCUT2D eigenvalue weighted by Crippen LogP contribution is -2.14. The summed E-state index contributed by atoms with van der Waals surface area (Å²) in [5.41, 5.74) is 0.461. The number of esters is 1. The average molecular weight is 220 g/mol. The number of carbonyl (C=O) groups is 1. The quantitative estimate of drug-likeness (QED) is 0.706. The zero-order valence-electron chi connectivity index (χ0n) is 8.91. The van der Waals surface area contributed by atoms with Crippen LogP contribution in [0, 0.1) is 0 Å². The minimum Gasteiger partial charge on any atom is -0.464 e. The third kappa shape index (κ3) is 2.10. The first-order valence-corrected chi connectivity index (χ1v) is 4.87. The smallest absolute Gasteiger partial charge is 0.356 e. The maximum Gasteiger partial charge on any atom is 0.356 e. The fourth-order valence-electron chi connectivity index (χ4n) is 1.42. The molecule has 16 heavy (non-hydrogen) atoms. The Morgan fingerprint density at radius 3 is 3.00 bits per heavy atom. The largest absolute Gasteiger partial charge is 0.464 e. The molecule has 0 atom stereocenters. The lowest BCUT2D eigenvalue weighted by atomic mass is 10.4. The third-order valence-corrected chi connectivity index (χ3v) is 2.24. The first-order chi connectivity index (χ1) is 7.81. The molecule has 6 heteroatoms. The van der Waals surface area contributed by atoms with Gasteiger partial charge in [0, 0.05) is 25.1 Å². The molecule has 0 saturated heterocycles. The van der Waals surface area contributed by atoms with Crippen molar-refractivity contribution < 1.29 is 9.53 Å². The van der Waals surface area contributed by atoms with E-state index in [2.05, 4.69) is 14.8 Å². The number of aromatic nitrogens is 4. The molecule has 0 N–H and O–H groups in total. The molecule has 0 amide bonds. The highest BCUT2D eigenvalue weighted by Crippen LogP contribution is 2.01. The molecule has 2 aromatic heterocycles. The van der Waals surface area contributed by atoms with Crippen molar-refractivity contribution in [2.75, 3.05) is 7.11 Å². The summed E-state index contributed by atoms with van der Waals surface area (Å²) < 4.78 is 8.19. The normalized spacial score (nSPS) is 10.3. The lowest BCUT2D eigenvalue weighted by molar-refractivity contribution is 0.0586. The van der Waals surface area contributed by atoms with Crippen LogP contribution in [0.4, 0.5) is 0 Å². The van der Waals surface area contributed by atoms with Crippen LogP contribution in [0.5, 0.6) is 0 Å². The van der Waals surface area contributed by atoms with Crippen molar-refractivity contribution in [2.24, 2.45) is 0 Å². The van der Waals surface area contributed by atoms with E-state index in [9.17, 15) is 4.79 Å². The summed E-state index contributed by atoms with van der Waals surface area (Å²) in [7, 11) is 1.36. The Kier molecular flexibility index (Phi) is 3.00. The number of rotatable bonds is 4. The molecule has 6 nitrogen and oxygen atoms in total. The number of hydrogen-bond donors (Lipinski definition) is 0. The van der Waals surface area contributed by atoms with E-state index in [0.717, 1.165) is 0 Å². The van der Waals surface area contributed by atoms with Crippen LogP contribution in [0.15, 0.2) is 31.0 Å². The first-order valence-electron chi connectivity index (χ1n) is 4.87. The zero-order valence-corrected chi connectivity index (χ0v) is 8.91. The monoisotopic (exact) mass is 220 g/mol. The molecular formula is C10H12N4O2. The van der Waals surface area contributed by atoms with Crippen LogP contribution in [-0.4, -0.2) is 32.4 Å². The molecule has 0 aliphatic rings. The summed E-state index contributed by atoms with van der Waals surface area (Å²) in [5, 5.41) is 4.07. The Bertz CT molecular complexity index is 461. The van der Waals surface area contributed by atoms with Gasteiger partial charge in [-0.05, 0) is 6.07 Å². The van der Waals surface area contributed by atoms with E-state index in [1.165, 1.54) is 7.11 Å². The Morgan fingerprint density at radius 1 is 1.44 bits per heavy atom. The van der Waals surface area contributed by atoms with Gasteiger partial charge in [0.15, 0.2) is 0 Å². The number of imidazole rings is 1. The van der Waals surface area contributed by atoms with Crippen molar-refractivity contribution in [1.29, 1.82) is 0 Å². The van der Waals surface area contributed by atoms with Gasteiger partial charge in [0.2, 0.25) is 0 Å². The van der Waals surface area contributed by atoms with Crippen molar-refractivity contribution in [3.8, 4) is 0 Å². The Morgan fingerprint density at radius 2 is 2.31 bits per heavy atom. The van der Waals surface area contributed by atoms with Gasteiger partial charge in [-0.3, -0.25) is 4.68 Å². The molecular weight excluding hydrogens is 208 g/mol. The summed E-state index contributed by atoms with van der Waals surface area (Å²) in [6.07, 6.45) is 6.88. The zero-order chi connectivity index (χ0) is 11.4. The number of carbonyl (C=O) groups excluding carboxylic acids is 1. The second kappa shape index (κ2) is 4.61. The molecule has 0 aliphatic carbocycles. The van der Waals surface area contributed by atoms with Crippen molar-refractivity contribution in [1.82, 2.24) is 19.3 Å². The third-order valence-electron chi connectivity index (χ3n) is 2.24. The lowest BCUT2D eigenvalue weighted by Gasteiger charge is -2.06. The van der Waals surface area contributed by atoms with Crippen molar-refractivity contribution in [3.63, 3.8) is 0 Å². The van der Waals surface area contributed by atoms with Gasteiger partial charge in [-0.1, -0.05) is 0 Å². The number of ether oxygens (including phenoxy) is 1. The van der Waals surface area contributed by atoms with Gasteiger partial charge in [-0.25, -0.2) is 9.78 Å². The van der Waals surface area contributed by atoms with Crippen molar-refractivity contribution >= 4 is 5.97 Å². The summed E-state index contributed by atoms with van der Waals surface area (Å²) in [6.45, 7) is 1.32. The molecule has 2 rings (SSSR count). The van der Waals surface area contributed by atoms with Gasteiger partial charge in [0.05, 0.1) is 20.0 Å². The fourth-order valence-corrected chi connectivity index (χ4v) is 1.42. The molecule has 0 aromatic carbocycles. The minimum absolute atomic E-state index is 0.372. The second-order valence-corrected chi connectivity index (χ2v) is 3.23. The van der Waals surface area contributed by atoms with E-state index in [4.69, 9.17) is 0 Å². The molecule has 0 radical (unpaired) electrons. The van der Waals surface area contributed by atoms with Crippen LogP contribution in [0.25, 0.3) is 0 Å².